The highest BCUT2D eigenvalue weighted by atomic mass is 79.9. The minimum absolute atomic E-state index is 0.168. The number of nitrogens with two attached hydrogens (primary N) is 1. The Hall–Kier alpha value is -1.89. The van der Waals surface area contributed by atoms with Gasteiger partial charge in [-0.1, -0.05) is 5.16 Å². The average molecular weight is 327 g/mol. The zero-order valence-corrected chi connectivity index (χ0v) is 11.9. The summed E-state index contributed by atoms with van der Waals surface area (Å²) in [6.07, 6.45) is 0. The third-order valence-electron chi connectivity index (χ3n) is 2.77. The molecule has 0 aliphatic carbocycles. The van der Waals surface area contributed by atoms with E-state index in [0.717, 1.165) is 15.9 Å². The van der Waals surface area contributed by atoms with Crippen molar-refractivity contribution >= 4 is 21.8 Å². The Morgan fingerprint density at radius 2 is 2.16 bits per heavy atom. The highest BCUT2D eigenvalue weighted by Crippen LogP contribution is 2.25. The van der Waals surface area contributed by atoms with Crippen LogP contribution >= 0.6 is 15.9 Å². The lowest BCUT2D eigenvalue weighted by molar-refractivity contribution is 0.318. The lowest BCUT2D eigenvalue weighted by atomic mass is 10.1. The number of aryl methyl sites for hydroxylation is 1. The molecule has 0 atom stereocenters. The number of rotatable bonds is 2. The van der Waals surface area contributed by atoms with E-state index in [4.69, 9.17) is 10.9 Å². The van der Waals surface area contributed by atoms with Crippen molar-refractivity contribution in [2.24, 2.45) is 10.9 Å². The molecule has 19 heavy (non-hydrogen) atoms. The second-order valence-electron chi connectivity index (χ2n) is 4.04. The van der Waals surface area contributed by atoms with E-state index >= 15 is 0 Å². The minimum Gasteiger partial charge on any atom is -0.409 e. The van der Waals surface area contributed by atoms with Gasteiger partial charge in [-0.25, -0.2) is 9.07 Å². The Morgan fingerprint density at radius 1 is 1.47 bits per heavy atom. The quantitative estimate of drug-likeness (QED) is 0.385. The summed E-state index contributed by atoms with van der Waals surface area (Å²) in [5, 5.41) is 16.0. The predicted octanol–water partition coefficient (Wildman–Crippen LogP) is 2.49. The van der Waals surface area contributed by atoms with Crippen LogP contribution in [0.25, 0.3) is 5.69 Å². The lowest BCUT2D eigenvalue weighted by Gasteiger charge is -2.10. The first kappa shape index (κ1) is 13.5. The predicted molar refractivity (Wildman–Crippen MR) is 73.2 cm³/mol. The SMILES string of the molecule is Cc1nn(-c2ccc(F)cc2C(N)=NO)c(C)c1Br. The van der Waals surface area contributed by atoms with Gasteiger partial charge in [-0.2, -0.15) is 5.10 Å². The second-order valence-corrected chi connectivity index (χ2v) is 4.84. The first-order valence-electron chi connectivity index (χ1n) is 5.45. The van der Waals surface area contributed by atoms with Gasteiger partial charge in [-0.15, -0.1) is 0 Å². The first-order valence-corrected chi connectivity index (χ1v) is 6.24. The Kier molecular flexibility index (Phi) is 3.57. The van der Waals surface area contributed by atoms with Gasteiger partial charge in [-0.05, 0) is 48.0 Å². The number of halogens is 2. The second kappa shape index (κ2) is 5.00. The zero-order valence-electron chi connectivity index (χ0n) is 10.4. The number of hydrogen-bond donors (Lipinski definition) is 2. The van der Waals surface area contributed by atoms with Gasteiger partial charge < -0.3 is 10.9 Å². The number of nitrogens with zero attached hydrogens (tertiary/aromatic N) is 3. The molecule has 0 radical (unpaired) electrons. The van der Waals surface area contributed by atoms with Gasteiger partial charge in [0.2, 0.25) is 0 Å². The molecule has 0 amide bonds. The maximum atomic E-state index is 13.3. The first-order chi connectivity index (χ1) is 8.95. The van der Waals surface area contributed by atoms with Crippen LogP contribution in [0.1, 0.15) is 17.0 Å². The number of oxime groups is 1. The normalized spacial score (nSPS) is 11.9. The highest BCUT2D eigenvalue weighted by molar-refractivity contribution is 9.10. The highest BCUT2D eigenvalue weighted by Gasteiger charge is 2.16. The number of hydrogen-bond acceptors (Lipinski definition) is 3. The molecule has 1 aromatic carbocycles. The molecule has 1 aromatic heterocycles. The smallest absolute Gasteiger partial charge is 0.172 e. The van der Waals surface area contributed by atoms with Gasteiger partial charge in [0.25, 0.3) is 0 Å². The van der Waals surface area contributed by atoms with Crippen molar-refractivity contribution in [1.29, 1.82) is 0 Å². The molecule has 0 spiro atoms. The molecule has 0 saturated carbocycles. The van der Waals surface area contributed by atoms with E-state index in [9.17, 15) is 4.39 Å². The Labute approximate surface area is 117 Å². The molecule has 100 valence electrons. The molecule has 1 heterocycles. The number of aromatic nitrogens is 2. The van der Waals surface area contributed by atoms with Crippen molar-refractivity contribution < 1.29 is 9.60 Å². The Morgan fingerprint density at radius 3 is 2.68 bits per heavy atom. The maximum Gasteiger partial charge on any atom is 0.172 e. The molecule has 0 fully saturated rings. The Bertz CT molecular complexity index is 666. The van der Waals surface area contributed by atoms with Crippen molar-refractivity contribution in [3.05, 3.63) is 45.4 Å². The summed E-state index contributed by atoms with van der Waals surface area (Å²) >= 11 is 3.42. The fourth-order valence-corrected chi connectivity index (χ4v) is 2.06. The molecule has 2 rings (SSSR count). The monoisotopic (exact) mass is 326 g/mol. The van der Waals surface area contributed by atoms with E-state index in [1.54, 1.807) is 4.68 Å². The van der Waals surface area contributed by atoms with Gasteiger partial charge in [0, 0.05) is 5.56 Å². The van der Waals surface area contributed by atoms with Gasteiger partial charge in [-0.3, -0.25) is 0 Å². The molecule has 7 heteroatoms. The standard InChI is InChI=1S/C12H12BrFN4O/c1-6-11(13)7(2)18(16-6)10-4-3-8(14)5-9(10)12(15)17-19/h3-5,19H,1-2H3,(H2,15,17). The maximum absolute atomic E-state index is 13.3. The van der Waals surface area contributed by atoms with Crippen LogP contribution in [-0.2, 0) is 0 Å². The van der Waals surface area contributed by atoms with Gasteiger partial charge >= 0.3 is 0 Å². The minimum atomic E-state index is -0.467. The van der Waals surface area contributed by atoms with Crippen LogP contribution in [0.5, 0.6) is 0 Å². The summed E-state index contributed by atoms with van der Waals surface area (Å²) in [4.78, 5) is 0. The summed E-state index contributed by atoms with van der Waals surface area (Å²) < 4.78 is 15.8. The van der Waals surface area contributed by atoms with Crippen molar-refractivity contribution in [3.8, 4) is 5.69 Å². The molecular weight excluding hydrogens is 315 g/mol. The van der Waals surface area contributed by atoms with Crippen LogP contribution in [0.3, 0.4) is 0 Å². The van der Waals surface area contributed by atoms with Crippen molar-refractivity contribution in [2.75, 3.05) is 0 Å². The molecule has 3 N–H and O–H groups in total. The van der Waals surface area contributed by atoms with E-state index in [0.29, 0.717) is 5.69 Å². The van der Waals surface area contributed by atoms with E-state index in [1.165, 1.54) is 18.2 Å². The largest absolute Gasteiger partial charge is 0.409 e. The summed E-state index contributed by atoms with van der Waals surface area (Å²) in [5.41, 5.74) is 8.04. The van der Waals surface area contributed by atoms with Crippen molar-refractivity contribution in [3.63, 3.8) is 0 Å². The molecule has 0 aliphatic rings. The summed E-state index contributed by atoms with van der Waals surface area (Å²) in [5.74, 6) is -0.635. The fraction of sp³-hybridized carbons (Fsp3) is 0.167. The molecule has 0 saturated heterocycles. The summed E-state index contributed by atoms with van der Waals surface area (Å²) in [6, 6.07) is 4.04. The summed E-state index contributed by atoms with van der Waals surface area (Å²) in [6.45, 7) is 3.71. The third kappa shape index (κ3) is 2.33. The Balaban J connectivity index is 2.72. The molecule has 0 bridgehead atoms. The van der Waals surface area contributed by atoms with Crippen LogP contribution in [0, 0.1) is 19.7 Å². The van der Waals surface area contributed by atoms with Crippen molar-refractivity contribution in [1.82, 2.24) is 9.78 Å². The molecule has 0 aliphatic heterocycles. The third-order valence-corrected chi connectivity index (χ3v) is 3.92. The summed E-state index contributed by atoms with van der Waals surface area (Å²) in [7, 11) is 0. The van der Waals surface area contributed by atoms with Crippen LogP contribution < -0.4 is 5.73 Å². The van der Waals surface area contributed by atoms with Gasteiger partial charge in [0.05, 0.1) is 21.5 Å². The van der Waals surface area contributed by atoms with E-state index in [2.05, 4.69) is 26.2 Å². The average Bonchev–Trinajstić information content (AvgIpc) is 2.65. The molecule has 5 nitrogen and oxygen atoms in total. The topological polar surface area (TPSA) is 76.4 Å². The van der Waals surface area contributed by atoms with E-state index < -0.39 is 5.82 Å². The van der Waals surface area contributed by atoms with Crippen LogP contribution in [0.4, 0.5) is 4.39 Å². The molecular formula is C12H12BrFN4O. The van der Waals surface area contributed by atoms with Crippen LogP contribution in [0.2, 0.25) is 0 Å². The molecule has 2 aromatic rings. The van der Waals surface area contributed by atoms with Crippen LogP contribution in [0.15, 0.2) is 27.8 Å². The molecule has 0 unspecified atom stereocenters. The number of benzene rings is 1. The fourth-order valence-electron chi connectivity index (χ4n) is 1.81. The zero-order chi connectivity index (χ0) is 14.2. The van der Waals surface area contributed by atoms with E-state index in [-0.39, 0.29) is 11.4 Å². The number of amidine groups is 1. The van der Waals surface area contributed by atoms with Gasteiger partial charge in [0.1, 0.15) is 5.82 Å². The van der Waals surface area contributed by atoms with Gasteiger partial charge in [0.15, 0.2) is 5.84 Å². The van der Waals surface area contributed by atoms with Crippen molar-refractivity contribution in [2.45, 2.75) is 13.8 Å². The lowest BCUT2D eigenvalue weighted by Crippen LogP contribution is -2.17. The van der Waals surface area contributed by atoms with Crippen LogP contribution in [-0.4, -0.2) is 20.8 Å². The van der Waals surface area contributed by atoms with E-state index in [1.807, 2.05) is 13.8 Å².